The number of pyridine rings is 1. The van der Waals surface area contributed by atoms with Crippen molar-refractivity contribution in [3.63, 3.8) is 0 Å². The predicted molar refractivity (Wildman–Crippen MR) is 106 cm³/mol. The molecule has 1 atom stereocenters. The number of nitrogens with zero attached hydrogens (tertiary/aromatic N) is 3. The van der Waals surface area contributed by atoms with E-state index in [9.17, 15) is 4.79 Å². The summed E-state index contributed by atoms with van der Waals surface area (Å²) >= 11 is 0. The molecule has 3 heterocycles. The Labute approximate surface area is 159 Å². The Hall–Kier alpha value is -2.55. The first-order valence-corrected chi connectivity index (χ1v) is 9.22. The molecule has 144 valence electrons. The van der Waals surface area contributed by atoms with Gasteiger partial charge in [0.05, 0.1) is 23.0 Å². The third-order valence-electron chi connectivity index (χ3n) is 4.92. The smallest absolute Gasteiger partial charge is 0.254 e. The lowest BCUT2D eigenvalue weighted by molar-refractivity contribution is -0.117. The summed E-state index contributed by atoms with van der Waals surface area (Å²) in [4.78, 5) is 23.3. The number of likely N-dealkylation sites (tertiary alicyclic amines) is 1. The molecule has 2 aliphatic heterocycles. The Kier molecular flexibility index (Phi) is 6.33. The van der Waals surface area contributed by atoms with Crippen molar-refractivity contribution in [2.45, 2.75) is 31.5 Å². The van der Waals surface area contributed by atoms with Crippen LogP contribution in [0.2, 0.25) is 0 Å². The van der Waals surface area contributed by atoms with Crippen LogP contribution in [0.5, 0.6) is 0 Å². The van der Waals surface area contributed by atoms with Gasteiger partial charge < -0.3 is 27.0 Å². The monoisotopic (exact) mass is 369 g/mol. The first-order chi connectivity index (χ1) is 13.1. The highest BCUT2D eigenvalue weighted by Crippen LogP contribution is 2.19. The first-order valence-electron chi connectivity index (χ1n) is 9.22. The van der Waals surface area contributed by atoms with Gasteiger partial charge in [0.25, 0.3) is 5.91 Å². The number of aromatic nitrogens is 1. The number of nitrogens with two attached hydrogens (primary N) is 2. The molecule has 8 heteroatoms. The average molecular weight is 369 g/mol. The summed E-state index contributed by atoms with van der Waals surface area (Å²) in [5, 5.41) is 5.97. The van der Waals surface area contributed by atoms with Crippen molar-refractivity contribution in [1.82, 2.24) is 20.5 Å². The Morgan fingerprint density at radius 2 is 2.30 bits per heavy atom. The molecule has 0 aliphatic carbocycles. The summed E-state index contributed by atoms with van der Waals surface area (Å²) in [5.41, 5.74) is 13.5. The molecular formula is C19H27N7O. The van der Waals surface area contributed by atoms with E-state index in [2.05, 4.69) is 32.6 Å². The van der Waals surface area contributed by atoms with Crippen LogP contribution in [0.1, 0.15) is 25.0 Å². The molecule has 1 aromatic heterocycles. The van der Waals surface area contributed by atoms with Crippen LogP contribution in [0.25, 0.3) is 5.57 Å². The highest BCUT2D eigenvalue weighted by molar-refractivity contribution is 6.12. The Morgan fingerprint density at radius 1 is 1.44 bits per heavy atom. The lowest BCUT2D eigenvalue weighted by Crippen LogP contribution is -2.35. The molecule has 0 bridgehead atoms. The maximum absolute atomic E-state index is 12.3. The minimum Gasteiger partial charge on any atom is -0.352 e. The van der Waals surface area contributed by atoms with Crippen LogP contribution in [0.15, 0.2) is 47.0 Å². The van der Waals surface area contributed by atoms with Crippen LogP contribution in [0.3, 0.4) is 0 Å². The predicted octanol–water partition coefficient (Wildman–Crippen LogP) is 0.152. The number of carbonyl (C=O) groups excluding carboxylic acids is 1. The molecule has 1 amide bonds. The van der Waals surface area contributed by atoms with E-state index in [1.165, 1.54) is 19.1 Å². The summed E-state index contributed by atoms with van der Waals surface area (Å²) < 4.78 is 0. The van der Waals surface area contributed by atoms with Gasteiger partial charge in [-0.3, -0.25) is 9.78 Å². The molecule has 3 rings (SSSR count). The van der Waals surface area contributed by atoms with Crippen molar-refractivity contribution in [1.29, 1.82) is 0 Å². The number of nitrogens with one attached hydrogen (secondary N) is 2. The molecule has 6 N–H and O–H groups in total. The van der Waals surface area contributed by atoms with E-state index in [4.69, 9.17) is 11.5 Å². The molecule has 1 unspecified atom stereocenters. The number of hydrogen-bond donors (Lipinski definition) is 4. The molecule has 0 saturated carbocycles. The fourth-order valence-corrected chi connectivity index (χ4v) is 3.40. The maximum Gasteiger partial charge on any atom is 0.254 e. The van der Waals surface area contributed by atoms with Gasteiger partial charge in [0.15, 0.2) is 0 Å². The Balaban J connectivity index is 1.60. The molecule has 2 aliphatic rings. The number of amides is 1. The van der Waals surface area contributed by atoms with E-state index in [0.717, 1.165) is 13.0 Å². The van der Waals surface area contributed by atoms with E-state index >= 15 is 0 Å². The SMILES string of the molecule is CN1CCCC1CCNC(=O)C1=CN/C(=C(\c2ccccn2)C(N)N)N=C1. The van der Waals surface area contributed by atoms with Crippen LogP contribution < -0.4 is 22.1 Å². The quantitative estimate of drug-likeness (QED) is 0.530. The standard InChI is InChI=1S/C19H27N7O/c1-26-10-4-5-14(26)7-9-23-19(27)13-11-24-18(25-12-13)16(17(20)21)15-6-2-3-8-22-15/h2-3,6,8,11-12,14,17,24H,4-5,7,9-10,20-21H2,1H3,(H,23,27)/b18-16-. The molecule has 0 spiro atoms. The number of hydrogen-bond acceptors (Lipinski definition) is 7. The van der Waals surface area contributed by atoms with Gasteiger partial charge in [-0.2, -0.15) is 0 Å². The Morgan fingerprint density at radius 3 is 2.89 bits per heavy atom. The molecule has 1 fully saturated rings. The minimum atomic E-state index is -0.744. The molecule has 1 aromatic rings. The third-order valence-corrected chi connectivity index (χ3v) is 4.92. The number of aliphatic imine (C=N–C) groups is 1. The van der Waals surface area contributed by atoms with E-state index in [0.29, 0.717) is 35.2 Å². The summed E-state index contributed by atoms with van der Waals surface area (Å²) in [7, 11) is 2.13. The fourth-order valence-electron chi connectivity index (χ4n) is 3.40. The van der Waals surface area contributed by atoms with Crippen molar-refractivity contribution >= 4 is 17.7 Å². The molecule has 1 saturated heterocycles. The second kappa shape index (κ2) is 8.90. The van der Waals surface area contributed by atoms with Crippen molar-refractivity contribution in [2.24, 2.45) is 16.5 Å². The highest BCUT2D eigenvalue weighted by Gasteiger charge is 2.21. The van der Waals surface area contributed by atoms with Crippen LogP contribution in [0.4, 0.5) is 0 Å². The van der Waals surface area contributed by atoms with Crippen LogP contribution in [0, 0.1) is 0 Å². The van der Waals surface area contributed by atoms with E-state index in [1.54, 1.807) is 12.4 Å². The van der Waals surface area contributed by atoms with E-state index in [-0.39, 0.29) is 5.91 Å². The van der Waals surface area contributed by atoms with E-state index < -0.39 is 6.17 Å². The first kappa shape index (κ1) is 19.2. The fraction of sp³-hybridized carbons (Fsp3) is 0.421. The van der Waals surface area contributed by atoms with Crippen molar-refractivity contribution < 1.29 is 4.79 Å². The van der Waals surface area contributed by atoms with Crippen LogP contribution >= 0.6 is 0 Å². The van der Waals surface area contributed by atoms with Gasteiger partial charge in [-0.05, 0) is 45.0 Å². The van der Waals surface area contributed by atoms with Gasteiger partial charge >= 0.3 is 0 Å². The summed E-state index contributed by atoms with van der Waals surface area (Å²) in [6, 6.07) is 6.04. The van der Waals surface area contributed by atoms with Crippen LogP contribution in [-0.2, 0) is 4.79 Å². The summed E-state index contributed by atoms with van der Waals surface area (Å²) in [5.74, 6) is 0.343. The van der Waals surface area contributed by atoms with Gasteiger partial charge in [-0.1, -0.05) is 6.07 Å². The lowest BCUT2D eigenvalue weighted by Gasteiger charge is -2.20. The number of carbonyl (C=O) groups is 1. The van der Waals surface area contributed by atoms with Gasteiger partial charge in [-0.25, -0.2) is 4.99 Å². The second-order valence-corrected chi connectivity index (χ2v) is 6.83. The largest absolute Gasteiger partial charge is 0.352 e. The van der Waals surface area contributed by atoms with E-state index in [1.807, 2.05) is 18.2 Å². The average Bonchev–Trinajstić information content (AvgIpc) is 3.08. The molecular weight excluding hydrogens is 342 g/mol. The van der Waals surface area contributed by atoms with Gasteiger partial charge in [0.1, 0.15) is 5.82 Å². The summed E-state index contributed by atoms with van der Waals surface area (Å²) in [6.07, 6.45) is 7.44. The van der Waals surface area contributed by atoms with Crippen molar-refractivity contribution in [2.75, 3.05) is 20.1 Å². The zero-order valence-electron chi connectivity index (χ0n) is 15.6. The van der Waals surface area contributed by atoms with Crippen molar-refractivity contribution in [3.05, 3.63) is 47.7 Å². The molecule has 8 nitrogen and oxygen atoms in total. The maximum atomic E-state index is 12.3. The Bertz CT molecular complexity index is 755. The topological polar surface area (TPSA) is 122 Å². The van der Waals surface area contributed by atoms with Gasteiger partial charge in [-0.15, -0.1) is 0 Å². The lowest BCUT2D eigenvalue weighted by atomic mass is 10.1. The summed E-state index contributed by atoms with van der Waals surface area (Å²) in [6.45, 7) is 1.78. The zero-order valence-corrected chi connectivity index (χ0v) is 15.6. The molecule has 27 heavy (non-hydrogen) atoms. The van der Waals surface area contributed by atoms with Crippen LogP contribution in [-0.4, -0.2) is 54.4 Å². The van der Waals surface area contributed by atoms with Crippen molar-refractivity contribution in [3.8, 4) is 0 Å². The zero-order chi connectivity index (χ0) is 19.2. The van der Waals surface area contributed by atoms with Gasteiger partial charge in [0.2, 0.25) is 0 Å². The molecule has 0 aromatic carbocycles. The number of rotatable bonds is 6. The third kappa shape index (κ3) is 4.79. The normalized spacial score (nSPS) is 21.8. The highest BCUT2D eigenvalue weighted by atomic mass is 16.1. The van der Waals surface area contributed by atoms with Gasteiger partial charge in [0, 0.05) is 31.2 Å². The molecule has 0 radical (unpaired) electrons. The second-order valence-electron chi connectivity index (χ2n) is 6.83. The minimum absolute atomic E-state index is 0.151.